The third kappa shape index (κ3) is 2.80. The number of nitrogens with two attached hydrogens (primary N) is 1. The predicted molar refractivity (Wildman–Crippen MR) is 68.7 cm³/mol. The average molecular weight is 234 g/mol. The third-order valence-electron chi connectivity index (χ3n) is 4.11. The molecule has 0 bridgehead atoms. The summed E-state index contributed by atoms with van der Waals surface area (Å²) in [5.74, 6) is 1.69. The zero-order chi connectivity index (χ0) is 11.7. The molecule has 0 aromatic carbocycles. The lowest BCUT2D eigenvalue weighted by atomic mass is 10.0. The van der Waals surface area contributed by atoms with Crippen LogP contribution in [0.5, 0.6) is 0 Å². The van der Waals surface area contributed by atoms with Crippen molar-refractivity contribution in [3.63, 3.8) is 0 Å². The lowest BCUT2D eigenvalue weighted by Crippen LogP contribution is -2.35. The minimum Gasteiger partial charge on any atom is -0.382 e. The van der Waals surface area contributed by atoms with Crippen LogP contribution in [0, 0.1) is 5.92 Å². The van der Waals surface area contributed by atoms with E-state index in [1.54, 1.807) is 0 Å². The fourth-order valence-electron chi connectivity index (χ4n) is 2.74. The summed E-state index contributed by atoms with van der Waals surface area (Å²) in [6, 6.07) is 2.45. The standard InChI is InChI=1S/C13H22N4/c14-13-6-10-17(15-13)12-4-8-16(9-5-12)7-3-11-1-2-11/h6,10-12H,1-5,7-9H2,(H2,14,15). The van der Waals surface area contributed by atoms with Crippen molar-refractivity contribution >= 4 is 5.82 Å². The summed E-state index contributed by atoms with van der Waals surface area (Å²) in [7, 11) is 0. The Labute approximate surface area is 103 Å². The maximum Gasteiger partial charge on any atom is 0.145 e. The Morgan fingerprint density at radius 1 is 1.24 bits per heavy atom. The van der Waals surface area contributed by atoms with E-state index in [0.717, 1.165) is 5.92 Å². The minimum atomic E-state index is 0.560. The number of nitrogens with zero attached hydrogens (tertiary/aromatic N) is 3. The van der Waals surface area contributed by atoms with Crippen molar-refractivity contribution in [1.82, 2.24) is 14.7 Å². The van der Waals surface area contributed by atoms with Gasteiger partial charge in [0.05, 0.1) is 6.04 Å². The van der Waals surface area contributed by atoms with Gasteiger partial charge in [-0.25, -0.2) is 0 Å². The van der Waals surface area contributed by atoms with E-state index in [4.69, 9.17) is 5.73 Å². The Kier molecular flexibility index (Phi) is 3.05. The Hall–Kier alpha value is -1.03. The number of nitrogen functional groups attached to an aromatic ring is 1. The molecule has 0 atom stereocenters. The van der Waals surface area contributed by atoms with Gasteiger partial charge in [-0.05, 0) is 37.8 Å². The van der Waals surface area contributed by atoms with Gasteiger partial charge in [0, 0.05) is 19.3 Å². The molecule has 1 aromatic rings. The summed E-state index contributed by atoms with van der Waals surface area (Å²) >= 11 is 0. The van der Waals surface area contributed by atoms with Gasteiger partial charge >= 0.3 is 0 Å². The summed E-state index contributed by atoms with van der Waals surface area (Å²) in [6.07, 6.45) is 8.81. The lowest BCUT2D eigenvalue weighted by Gasteiger charge is -2.32. The molecule has 17 heavy (non-hydrogen) atoms. The number of anilines is 1. The summed E-state index contributed by atoms with van der Waals surface area (Å²) in [6.45, 7) is 3.74. The van der Waals surface area contributed by atoms with Gasteiger partial charge in [-0.2, -0.15) is 5.10 Å². The van der Waals surface area contributed by atoms with Crippen LogP contribution in [0.3, 0.4) is 0 Å². The molecule has 2 heterocycles. The molecule has 3 rings (SSSR count). The normalized spacial score (nSPS) is 23.1. The summed E-state index contributed by atoms with van der Waals surface area (Å²) in [5.41, 5.74) is 5.66. The largest absolute Gasteiger partial charge is 0.382 e. The van der Waals surface area contributed by atoms with Crippen LogP contribution in [0.1, 0.15) is 38.1 Å². The Morgan fingerprint density at radius 2 is 2.00 bits per heavy atom. The van der Waals surface area contributed by atoms with Gasteiger partial charge in [-0.3, -0.25) is 4.68 Å². The van der Waals surface area contributed by atoms with Crippen molar-refractivity contribution < 1.29 is 0 Å². The van der Waals surface area contributed by atoms with Crippen LogP contribution in [0.25, 0.3) is 0 Å². The van der Waals surface area contributed by atoms with E-state index >= 15 is 0 Å². The number of aromatic nitrogens is 2. The highest BCUT2D eigenvalue weighted by Gasteiger charge is 2.24. The fraction of sp³-hybridized carbons (Fsp3) is 0.769. The van der Waals surface area contributed by atoms with Gasteiger partial charge in [0.25, 0.3) is 0 Å². The number of hydrogen-bond acceptors (Lipinski definition) is 3. The van der Waals surface area contributed by atoms with Crippen LogP contribution in [0.15, 0.2) is 12.3 Å². The van der Waals surface area contributed by atoms with Gasteiger partial charge in [0.1, 0.15) is 5.82 Å². The average Bonchev–Trinajstić information content (AvgIpc) is 3.09. The lowest BCUT2D eigenvalue weighted by molar-refractivity contribution is 0.176. The first-order valence-corrected chi connectivity index (χ1v) is 6.84. The molecule has 2 aliphatic rings. The van der Waals surface area contributed by atoms with Crippen LogP contribution in [-0.4, -0.2) is 34.3 Å². The van der Waals surface area contributed by atoms with Crippen molar-refractivity contribution in [2.45, 2.75) is 38.1 Å². The zero-order valence-electron chi connectivity index (χ0n) is 10.4. The van der Waals surface area contributed by atoms with E-state index in [1.165, 1.54) is 51.7 Å². The molecule has 4 nitrogen and oxygen atoms in total. The molecular formula is C13H22N4. The SMILES string of the molecule is Nc1ccn(C2CCN(CCC3CC3)CC2)n1. The number of likely N-dealkylation sites (tertiary alicyclic amines) is 1. The molecule has 0 amide bonds. The first kappa shape index (κ1) is 11.1. The Balaban J connectivity index is 1.46. The van der Waals surface area contributed by atoms with Crippen molar-refractivity contribution in [1.29, 1.82) is 0 Å². The molecule has 1 saturated carbocycles. The molecule has 0 unspecified atom stereocenters. The molecule has 1 saturated heterocycles. The van der Waals surface area contributed by atoms with Crippen molar-refractivity contribution in [2.75, 3.05) is 25.4 Å². The summed E-state index contributed by atoms with van der Waals surface area (Å²) in [5, 5.41) is 4.32. The van der Waals surface area contributed by atoms with E-state index in [2.05, 4.69) is 10.00 Å². The van der Waals surface area contributed by atoms with E-state index in [1.807, 2.05) is 16.9 Å². The second kappa shape index (κ2) is 4.69. The Bertz CT molecular complexity index is 361. The highest BCUT2D eigenvalue weighted by Crippen LogP contribution is 2.33. The van der Waals surface area contributed by atoms with Crippen LogP contribution >= 0.6 is 0 Å². The second-order valence-corrected chi connectivity index (χ2v) is 5.53. The predicted octanol–water partition coefficient (Wildman–Crippen LogP) is 1.90. The van der Waals surface area contributed by atoms with Gasteiger partial charge < -0.3 is 10.6 Å². The summed E-state index contributed by atoms with van der Waals surface area (Å²) in [4.78, 5) is 2.61. The zero-order valence-corrected chi connectivity index (χ0v) is 10.4. The van der Waals surface area contributed by atoms with Crippen LogP contribution in [0.4, 0.5) is 5.82 Å². The van der Waals surface area contributed by atoms with Crippen LogP contribution < -0.4 is 5.73 Å². The maximum absolute atomic E-state index is 5.66. The molecule has 2 fully saturated rings. The Morgan fingerprint density at radius 3 is 2.59 bits per heavy atom. The van der Waals surface area contributed by atoms with Gasteiger partial charge in [-0.1, -0.05) is 12.8 Å². The van der Waals surface area contributed by atoms with Crippen LogP contribution in [-0.2, 0) is 0 Å². The molecule has 2 N–H and O–H groups in total. The highest BCUT2D eigenvalue weighted by molar-refractivity contribution is 5.24. The van der Waals surface area contributed by atoms with Crippen LogP contribution in [0.2, 0.25) is 0 Å². The summed E-state index contributed by atoms with van der Waals surface area (Å²) < 4.78 is 2.05. The van der Waals surface area contributed by atoms with E-state index in [0.29, 0.717) is 11.9 Å². The number of piperidine rings is 1. The van der Waals surface area contributed by atoms with Gasteiger partial charge in [-0.15, -0.1) is 0 Å². The minimum absolute atomic E-state index is 0.560. The smallest absolute Gasteiger partial charge is 0.145 e. The fourth-order valence-corrected chi connectivity index (χ4v) is 2.74. The maximum atomic E-state index is 5.66. The molecule has 0 radical (unpaired) electrons. The molecule has 1 aliphatic heterocycles. The molecule has 1 aromatic heterocycles. The number of hydrogen-bond donors (Lipinski definition) is 1. The first-order chi connectivity index (χ1) is 8.31. The van der Waals surface area contributed by atoms with Crippen molar-refractivity contribution in [3.8, 4) is 0 Å². The molecule has 94 valence electrons. The van der Waals surface area contributed by atoms with Gasteiger partial charge in [0.2, 0.25) is 0 Å². The van der Waals surface area contributed by atoms with Gasteiger partial charge in [0.15, 0.2) is 0 Å². The topological polar surface area (TPSA) is 47.1 Å². The molecule has 0 spiro atoms. The monoisotopic (exact) mass is 234 g/mol. The third-order valence-corrected chi connectivity index (χ3v) is 4.11. The molecule has 4 heteroatoms. The van der Waals surface area contributed by atoms with E-state index < -0.39 is 0 Å². The molecule has 1 aliphatic carbocycles. The van der Waals surface area contributed by atoms with E-state index in [-0.39, 0.29) is 0 Å². The first-order valence-electron chi connectivity index (χ1n) is 6.84. The number of rotatable bonds is 4. The molecular weight excluding hydrogens is 212 g/mol. The quantitative estimate of drug-likeness (QED) is 0.865. The van der Waals surface area contributed by atoms with Crippen molar-refractivity contribution in [2.24, 2.45) is 5.92 Å². The van der Waals surface area contributed by atoms with E-state index in [9.17, 15) is 0 Å². The highest BCUT2D eigenvalue weighted by atomic mass is 15.3. The van der Waals surface area contributed by atoms with Crippen molar-refractivity contribution in [3.05, 3.63) is 12.3 Å². The second-order valence-electron chi connectivity index (χ2n) is 5.53.